The Kier molecular flexibility index (Phi) is 6.47. The largest absolute Gasteiger partial charge is 0.353 e. The van der Waals surface area contributed by atoms with E-state index in [-0.39, 0.29) is 36.6 Å². The van der Waals surface area contributed by atoms with E-state index in [9.17, 15) is 14.4 Å². The number of fused-ring (bicyclic) bond motifs is 1. The van der Waals surface area contributed by atoms with Crippen LogP contribution in [0.15, 0.2) is 6.07 Å². The van der Waals surface area contributed by atoms with Gasteiger partial charge in [-0.3, -0.25) is 19.1 Å². The Morgan fingerprint density at radius 2 is 1.85 bits per heavy atom. The lowest BCUT2D eigenvalue weighted by Gasteiger charge is -2.17. The number of hydrogen-bond acceptors (Lipinski definition) is 4. The monoisotopic (exact) mass is 375 g/mol. The zero-order chi connectivity index (χ0) is 19.2. The van der Waals surface area contributed by atoms with E-state index in [1.807, 2.05) is 15.6 Å². The molecule has 1 aromatic heterocycles. The highest BCUT2D eigenvalue weighted by molar-refractivity contribution is 5.83. The first kappa shape index (κ1) is 19.4. The molecule has 1 fully saturated rings. The summed E-state index contributed by atoms with van der Waals surface area (Å²) >= 11 is 0. The SMILES string of the molecule is CC(=O)N1CCCn2nc(CNC(=O)CCC(=O)NC3CCCC3)cc2C1. The minimum Gasteiger partial charge on any atom is -0.353 e. The maximum atomic E-state index is 12.0. The molecule has 27 heavy (non-hydrogen) atoms. The summed E-state index contributed by atoms with van der Waals surface area (Å²) in [4.78, 5) is 37.3. The standard InChI is InChI=1S/C19H29N5O3/c1-14(25)23-9-4-10-24-17(13-23)11-16(22-24)12-20-18(26)7-8-19(27)21-15-5-2-3-6-15/h11,15H,2-10,12-13H2,1H3,(H,20,26)(H,21,27). The summed E-state index contributed by atoms with van der Waals surface area (Å²) in [6.45, 7) is 3.98. The van der Waals surface area contributed by atoms with E-state index in [0.717, 1.165) is 43.7 Å². The van der Waals surface area contributed by atoms with E-state index in [2.05, 4.69) is 15.7 Å². The highest BCUT2D eigenvalue weighted by atomic mass is 16.2. The molecule has 1 aromatic rings. The first-order chi connectivity index (χ1) is 13.0. The number of nitrogens with one attached hydrogen (secondary N) is 2. The van der Waals surface area contributed by atoms with Crippen LogP contribution in [0.2, 0.25) is 0 Å². The summed E-state index contributed by atoms with van der Waals surface area (Å²) in [5.74, 6) is -0.129. The van der Waals surface area contributed by atoms with E-state index in [0.29, 0.717) is 13.1 Å². The predicted molar refractivity (Wildman–Crippen MR) is 99.4 cm³/mol. The molecule has 3 rings (SSSR count). The molecule has 2 aliphatic rings. The molecular weight excluding hydrogens is 346 g/mol. The van der Waals surface area contributed by atoms with Gasteiger partial charge in [0.25, 0.3) is 0 Å². The molecule has 1 saturated carbocycles. The van der Waals surface area contributed by atoms with Crippen LogP contribution in [0.3, 0.4) is 0 Å². The summed E-state index contributed by atoms with van der Waals surface area (Å²) in [6.07, 6.45) is 5.71. The van der Waals surface area contributed by atoms with Crippen molar-refractivity contribution in [2.45, 2.75) is 77.5 Å². The zero-order valence-corrected chi connectivity index (χ0v) is 16.0. The minimum absolute atomic E-state index is 0.0462. The number of rotatable bonds is 6. The van der Waals surface area contributed by atoms with Crippen LogP contribution in [0.4, 0.5) is 0 Å². The molecule has 2 heterocycles. The van der Waals surface area contributed by atoms with E-state index >= 15 is 0 Å². The highest BCUT2D eigenvalue weighted by Gasteiger charge is 2.19. The van der Waals surface area contributed by atoms with Crippen LogP contribution in [0.1, 0.15) is 63.3 Å². The average Bonchev–Trinajstić information content (AvgIpc) is 3.23. The molecule has 0 atom stereocenters. The number of carbonyl (C=O) groups is 3. The fraction of sp³-hybridized carbons (Fsp3) is 0.684. The van der Waals surface area contributed by atoms with Gasteiger partial charge in [0.15, 0.2) is 0 Å². The molecule has 2 N–H and O–H groups in total. The first-order valence-corrected chi connectivity index (χ1v) is 9.88. The number of amides is 3. The second kappa shape index (κ2) is 9.01. The molecule has 0 spiro atoms. The van der Waals surface area contributed by atoms with Crippen molar-refractivity contribution >= 4 is 17.7 Å². The van der Waals surface area contributed by atoms with Crippen LogP contribution in [-0.4, -0.2) is 45.0 Å². The van der Waals surface area contributed by atoms with Gasteiger partial charge in [0, 0.05) is 38.9 Å². The summed E-state index contributed by atoms with van der Waals surface area (Å²) in [6, 6.07) is 2.23. The third kappa shape index (κ3) is 5.55. The van der Waals surface area contributed by atoms with Crippen molar-refractivity contribution in [3.8, 4) is 0 Å². The zero-order valence-electron chi connectivity index (χ0n) is 16.0. The van der Waals surface area contributed by atoms with Gasteiger partial charge in [-0.05, 0) is 25.3 Å². The van der Waals surface area contributed by atoms with Crippen LogP contribution >= 0.6 is 0 Å². The van der Waals surface area contributed by atoms with Gasteiger partial charge in [0.2, 0.25) is 17.7 Å². The molecule has 0 radical (unpaired) electrons. The number of hydrogen-bond donors (Lipinski definition) is 2. The third-order valence-corrected chi connectivity index (χ3v) is 5.28. The van der Waals surface area contributed by atoms with Crippen LogP contribution in [0, 0.1) is 0 Å². The summed E-state index contributed by atoms with van der Waals surface area (Å²) in [5, 5.41) is 10.3. The lowest BCUT2D eigenvalue weighted by molar-refractivity contribution is -0.129. The van der Waals surface area contributed by atoms with Crippen LogP contribution in [0.5, 0.6) is 0 Å². The van der Waals surface area contributed by atoms with Gasteiger partial charge < -0.3 is 15.5 Å². The van der Waals surface area contributed by atoms with Crippen molar-refractivity contribution in [1.82, 2.24) is 25.3 Å². The molecule has 3 amide bonds. The highest BCUT2D eigenvalue weighted by Crippen LogP contribution is 2.17. The molecule has 1 aliphatic carbocycles. The van der Waals surface area contributed by atoms with Crippen molar-refractivity contribution in [2.75, 3.05) is 6.54 Å². The number of nitrogens with zero attached hydrogens (tertiary/aromatic N) is 3. The van der Waals surface area contributed by atoms with Crippen LogP contribution in [-0.2, 0) is 34.0 Å². The smallest absolute Gasteiger partial charge is 0.220 e. The predicted octanol–water partition coefficient (Wildman–Crippen LogP) is 1.09. The van der Waals surface area contributed by atoms with Gasteiger partial charge in [0.05, 0.1) is 24.5 Å². The lowest BCUT2D eigenvalue weighted by atomic mass is 10.2. The fourth-order valence-electron chi connectivity index (χ4n) is 3.75. The maximum Gasteiger partial charge on any atom is 0.220 e. The molecule has 0 bridgehead atoms. The average molecular weight is 375 g/mol. The molecule has 148 valence electrons. The number of aromatic nitrogens is 2. The Balaban J connectivity index is 1.42. The molecular formula is C19H29N5O3. The Morgan fingerprint density at radius 1 is 1.11 bits per heavy atom. The second-order valence-electron chi connectivity index (χ2n) is 7.47. The van der Waals surface area contributed by atoms with E-state index in [1.54, 1.807) is 6.92 Å². The van der Waals surface area contributed by atoms with Crippen molar-refractivity contribution in [3.63, 3.8) is 0 Å². The Labute approximate surface area is 159 Å². The number of carbonyl (C=O) groups excluding carboxylic acids is 3. The van der Waals surface area contributed by atoms with Gasteiger partial charge in [-0.1, -0.05) is 12.8 Å². The van der Waals surface area contributed by atoms with Crippen molar-refractivity contribution in [1.29, 1.82) is 0 Å². The Bertz CT molecular complexity index is 694. The van der Waals surface area contributed by atoms with E-state index < -0.39 is 0 Å². The van der Waals surface area contributed by atoms with Crippen molar-refractivity contribution in [3.05, 3.63) is 17.5 Å². The van der Waals surface area contributed by atoms with Crippen LogP contribution < -0.4 is 10.6 Å². The normalized spacial score (nSPS) is 17.3. The molecule has 0 unspecified atom stereocenters. The van der Waals surface area contributed by atoms with E-state index in [1.165, 1.54) is 12.8 Å². The second-order valence-corrected chi connectivity index (χ2v) is 7.47. The van der Waals surface area contributed by atoms with Gasteiger partial charge in [-0.25, -0.2) is 0 Å². The lowest BCUT2D eigenvalue weighted by Crippen LogP contribution is -2.33. The van der Waals surface area contributed by atoms with Gasteiger partial charge >= 0.3 is 0 Å². The summed E-state index contributed by atoms with van der Waals surface area (Å²) in [7, 11) is 0. The minimum atomic E-state index is -0.148. The van der Waals surface area contributed by atoms with Crippen molar-refractivity contribution in [2.24, 2.45) is 0 Å². The molecule has 8 heteroatoms. The summed E-state index contributed by atoms with van der Waals surface area (Å²) < 4.78 is 1.92. The Morgan fingerprint density at radius 3 is 2.59 bits per heavy atom. The molecule has 0 saturated heterocycles. The molecule has 8 nitrogen and oxygen atoms in total. The third-order valence-electron chi connectivity index (χ3n) is 5.28. The Hall–Kier alpha value is -2.38. The maximum absolute atomic E-state index is 12.0. The fourth-order valence-corrected chi connectivity index (χ4v) is 3.75. The van der Waals surface area contributed by atoms with Crippen LogP contribution in [0.25, 0.3) is 0 Å². The van der Waals surface area contributed by atoms with Crippen molar-refractivity contribution < 1.29 is 14.4 Å². The topological polar surface area (TPSA) is 96.3 Å². The van der Waals surface area contributed by atoms with E-state index in [4.69, 9.17) is 0 Å². The number of aryl methyl sites for hydroxylation is 1. The summed E-state index contributed by atoms with van der Waals surface area (Å²) in [5.41, 5.74) is 1.77. The molecule has 1 aliphatic heterocycles. The molecule has 0 aromatic carbocycles. The van der Waals surface area contributed by atoms with Gasteiger partial charge in [0.1, 0.15) is 0 Å². The first-order valence-electron chi connectivity index (χ1n) is 9.88. The quantitative estimate of drug-likeness (QED) is 0.778. The van der Waals surface area contributed by atoms with Gasteiger partial charge in [-0.15, -0.1) is 0 Å². The van der Waals surface area contributed by atoms with Gasteiger partial charge in [-0.2, -0.15) is 5.10 Å².